The molecule has 0 saturated carbocycles. The Hall–Kier alpha value is -1.44. The summed E-state index contributed by atoms with van der Waals surface area (Å²) in [6, 6.07) is 6.03. The highest BCUT2D eigenvalue weighted by Gasteiger charge is 2.08. The molecule has 2 N–H and O–H groups in total. The van der Waals surface area contributed by atoms with Crippen molar-refractivity contribution in [2.24, 2.45) is 0 Å². The van der Waals surface area contributed by atoms with E-state index in [0.717, 1.165) is 12.2 Å². The Labute approximate surface area is 86.0 Å². The third-order valence-electron chi connectivity index (χ3n) is 2.16. The van der Waals surface area contributed by atoms with Crippen molar-refractivity contribution in [3.63, 3.8) is 0 Å². The molecule has 2 nitrogen and oxygen atoms in total. The van der Waals surface area contributed by atoms with Crippen molar-refractivity contribution in [2.75, 3.05) is 12.8 Å². The van der Waals surface area contributed by atoms with Gasteiger partial charge in [0.25, 0.3) is 0 Å². The first-order valence-electron chi connectivity index (χ1n) is 5.03. The summed E-state index contributed by atoms with van der Waals surface area (Å²) in [6.07, 6.45) is 4.16. The highest BCUT2D eigenvalue weighted by atomic mass is 15.1. The van der Waals surface area contributed by atoms with Crippen LogP contribution in [0.4, 0.5) is 5.69 Å². The molecule has 0 amide bonds. The zero-order valence-corrected chi connectivity index (χ0v) is 9.12. The van der Waals surface area contributed by atoms with E-state index >= 15 is 0 Å². The minimum Gasteiger partial charge on any atom is -0.398 e. The van der Waals surface area contributed by atoms with Gasteiger partial charge in [0.2, 0.25) is 0 Å². The fourth-order valence-electron chi connectivity index (χ4n) is 1.47. The second-order valence-corrected chi connectivity index (χ2v) is 3.15. The van der Waals surface area contributed by atoms with Crippen LogP contribution in [0.25, 0.3) is 6.08 Å². The Bertz CT molecular complexity index is 329. The molecule has 14 heavy (non-hydrogen) atoms. The zero-order chi connectivity index (χ0) is 10.6. The van der Waals surface area contributed by atoms with Gasteiger partial charge in [-0.1, -0.05) is 26.0 Å². The van der Waals surface area contributed by atoms with Gasteiger partial charge in [-0.2, -0.15) is 0 Å². The first-order valence-corrected chi connectivity index (χ1v) is 5.03. The smallest absolute Gasteiger partial charge is 0.0447 e. The van der Waals surface area contributed by atoms with Crippen molar-refractivity contribution in [1.29, 1.82) is 0 Å². The van der Waals surface area contributed by atoms with Crippen LogP contribution in [0.3, 0.4) is 0 Å². The van der Waals surface area contributed by atoms with Gasteiger partial charge in [0.05, 0.1) is 0 Å². The van der Waals surface area contributed by atoms with E-state index in [2.05, 4.69) is 23.2 Å². The number of fused-ring (bicyclic) bond motifs is 1. The lowest BCUT2D eigenvalue weighted by Crippen LogP contribution is -2.15. The number of anilines is 1. The highest BCUT2D eigenvalue weighted by molar-refractivity contribution is 5.64. The summed E-state index contributed by atoms with van der Waals surface area (Å²) in [6.45, 7) is 4.92. The fourth-order valence-corrected chi connectivity index (χ4v) is 1.47. The minimum absolute atomic E-state index is 0.892. The van der Waals surface area contributed by atoms with Gasteiger partial charge in [0.1, 0.15) is 0 Å². The summed E-state index contributed by atoms with van der Waals surface area (Å²) in [7, 11) is 2.05. The van der Waals surface area contributed by atoms with E-state index in [1.54, 1.807) is 0 Å². The number of benzene rings is 1. The first-order chi connectivity index (χ1) is 6.77. The third-order valence-corrected chi connectivity index (χ3v) is 2.16. The second kappa shape index (κ2) is 4.70. The quantitative estimate of drug-likeness (QED) is 0.637. The maximum Gasteiger partial charge on any atom is 0.0447 e. The average Bonchev–Trinajstić information content (AvgIpc) is 2.22. The molecule has 0 aliphatic carbocycles. The molecule has 0 saturated heterocycles. The molecule has 0 radical (unpaired) electrons. The Morgan fingerprint density at radius 2 is 2.00 bits per heavy atom. The number of rotatable bonds is 0. The lowest BCUT2D eigenvalue weighted by atomic mass is 10.0. The molecule has 1 aliphatic heterocycles. The Morgan fingerprint density at radius 3 is 2.71 bits per heavy atom. The van der Waals surface area contributed by atoms with Crippen molar-refractivity contribution in [2.45, 2.75) is 20.4 Å². The predicted molar refractivity (Wildman–Crippen MR) is 62.7 cm³/mol. The van der Waals surface area contributed by atoms with Crippen LogP contribution in [-0.4, -0.2) is 11.9 Å². The molecule has 1 heterocycles. The van der Waals surface area contributed by atoms with E-state index in [-0.39, 0.29) is 0 Å². The van der Waals surface area contributed by atoms with Crippen LogP contribution >= 0.6 is 0 Å². The SMILES string of the molecule is CC.CN1C=Cc2cccc(N)c2C1. The number of nitrogen functional groups attached to an aromatic ring is 1. The van der Waals surface area contributed by atoms with Crippen molar-refractivity contribution in [3.8, 4) is 0 Å². The molecule has 76 valence electrons. The molecule has 0 atom stereocenters. The van der Waals surface area contributed by atoms with Crippen LogP contribution in [0, 0.1) is 0 Å². The summed E-state index contributed by atoms with van der Waals surface area (Å²) in [5, 5.41) is 0. The highest BCUT2D eigenvalue weighted by Crippen LogP contribution is 2.23. The van der Waals surface area contributed by atoms with Crippen LogP contribution in [0.2, 0.25) is 0 Å². The average molecular weight is 190 g/mol. The number of nitrogens with zero attached hydrogens (tertiary/aromatic N) is 1. The maximum atomic E-state index is 5.84. The molecule has 0 bridgehead atoms. The normalized spacial score (nSPS) is 12.9. The summed E-state index contributed by atoms with van der Waals surface area (Å²) < 4.78 is 0. The number of nitrogens with two attached hydrogens (primary N) is 1. The molecule has 1 aromatic carbocycles. The summed E-state index contributed by atoms with van der Waals surface area (Å²) >= 11 is 0. The third kappa shape index (κ3) is 2.08. The van der Waals surface area contributed by atoms with Crippen LogP contribution in [-0.2, 0) is 6.54 Å². The van der Waals surface area contributed by atoms with Crippen LogP contribution in [0.1, 0.15) is 25.0 Å². The van der Waals surface area contributed by atoms with Crippen LogP contribution in [0.5, 0.6) is 0 Å². The molecule has 1 aromatic rings. The van der Waals surface area contributed by atoms with Crippen LogP contribution in [0.15, 0.2) is 24.4 Å². The van der Waals surface area contributed by atoms with Gasteiger partial charge < -0.3 is 10.6 Å². The Morgan fingerprint density at radius 1 is 1.29 bits per heavy atom. The van der Waals surface area contributed by atoms with Gasteiger partial charge in [-0.05, 0) is 23.9 Å². The van der Waals surface area contributed by atoms with E-state index in [1.165, 1.54) is 11.1 Å². The van der Waals surface area contributed by atoms with Gasteiger partial charge in [-0.15, -0.1) is 0 Å². The molecule has 0 spiro atoms. The minimum atomic E-state index is 0.892. The summed E-state index contributed by atoms with van der Waals surface area (Å²) in [5.74, 6) is 0. The lowest BCUT2D eigenvalue weighted by Gasteiger charge is -2.21. The van der Waals surface area contributed by atoms with E-state index in [1.807, 2.05) is 33.0 Å². The van der Waals surface area contributed by atoms with Gasteiger partial charge in [0.15, 0.2) is 0 Å². The zero-order valence-electron chi connectivity index (χ0n) is 9.12. The molecular weight excluding hydrogens is 172 g/mol. The Kier molecular flexibility index (Phi) is 3.57. The summed E-state index contributed by atoms with van der Waals surface area (Å²) in [5.41, 5.74) is 9.22. The van der Waals surface area contributed by atoms with Crippen molar-refractivity contribution < 1.29 is 0 Å². The van der Waals surface area contributed by atoms with E-state index in [0.29, 0.717) is 0 Å². The van der Waals surface area contributed by atoms with E-state index in [9.17, 15) is 0 Å². The maximum absolute atomic E-state index is 5.84. The Balaban J connectivity index is 0.000000461. The first kappa shape index (κ1) is 10.6. The molecule has 0 unspecified atom stereocenters. The molecule has 2 heteroatoms. The van der Waals surface area contributed by atoms with Crippen LogP contribution < -0.4 is 5.73 Å². The molecule has 1 aliphatic rings. The van der Waals surface area contributed by atoms with Gasteiger partial charge in [-0.3, -0.25) is 0 Å². The monoisotopic (exact) mass is 190 g/mol. The summed E-state index contributed by atoms with van der Waals surface area (Å²) in [4.78, 5) is 2.12. The molecular formula is C12H18N2. The van der Waals surface area contributed by atoms with E-state index < -0.39 is 0 Å². The lowest BCUT2D eigenvalue weighted by molar-refractivity contribution is 0.449. The topological polar surface area (TPSA) is 29.3 Å². The molecule has 0 fully saturated rings. The number of hydrogen-bond donors (Lipinski definition) is 1. The number of hydrogen-bond acceptors (Lipinski definition) is 2. The van der Waals surface area contributed by atoms with E-state index in [4.69, 9.17) is 5.73 Å². The molecule has 2 rings (SSSR count). The van der Waals surface area contributed by atoms with Crippen molar-refractivity contribution in [3.05, 3.63) is 35.5 Å². The second-order valence-electron chi connectivity index (χ2n) is 3.15. The largest absolute Gasteiger partial charge is 0.398 e. The predicted octanol–water partition coefficient (Wildman–Crippen LogP) is 2.71. The van der Waals surface area contributed by atoms with Crippen molar-refractivity contribution >= 4 is 11.8 Å². The standard InChI is InChI=1S/C10H12N2.C2H6/c1-12-6-5-8-3-2-4-10(11)9(8)7-12;1-2/h2-6H,7,11H2,1H3;1-2H3. The van der Waals surface area contributed by atoms with Gasteiger partial charge in [-0.25, -0.2) is 0 Å². The van der Waals surface area contributed by atoms with Crippen molar-refractivity contribution in [1.82, 2.24) is 4.90 Å². The molecule has 0 aromatic heterocycles. The van der Waals surface area contributed by atoms with Gasteiger partial charge in [0, 0.05) is 24.8 Å². The fraction of sp³-hybridized carbons (Fsp3) is 0.333. The van der Waals surface area contributed by atoms with Gasteiger partial charge >= 0.3 is 0 Å².